The third-order valence-electron chi connectivity index (χ3n) is 4.33. The fourth-order valence-corrected chi connectivity index (χ4v) is 3.03. The van der Waals surface area contributed by atoms with E-state index in [4.69, 9.17) is 5.73 Å². The van der Waals surface area contributed by atoms with Crippen LogP contribution in [0.15, 0.2) is 24.3 Å². The van der Waals surface area contributed by atoms with Crippen LogP contribution < -0.4 is 5.73 Å². The van der Waals surface area contributed by atoms with Crippen LogP contribution in [-0.2, 0) is 0 Å². The molecule has 2 rings (SSSR count). The number of hydrogen-bond donors (Lipinski definition) is 1. The Hall–Kier alpha value is -0.860. The Kier molecular flexibility index (Phi) is 4.79. The van der Waals surface area contributed by atoms with Gasteiger partial charge >= 0.3 is 0 Å². The van der Waals surface area contributed by atoms with Gasteiger partial charge in [0.15, 0.2) is 0 Å². The monoisotopic (exact) mass is 246 g/mol. The van der Waals surface area contributed by atoms with E-state index in [1.807, 2.05) is 0 Å². The third-order valence-corrected chi connectivity index (χ3v) is 4.33. The van der Waals surface area contributed by atoms with Crippen LogP contribution in [0, 0.1) is 6.92 Å². The van der Waals surface area contributed by atoms with Gasteiger partial charge in [-0.1, -0.05) is 37.1 Å². The maximum absolute atomic E-state index is 6.32. The molecule has 1 aromatic carbocycles. The summed E-state index contributed by atoms with van der Waals surface area (Å²) in [5.41, 5.74) is 8.93. The van der Waals surface area contributed by atoms with Gasteiger partial charge in [-0.15, -0.1) is 0 Å². The topological polar surface area (TPSA) is 29.3 Å². The summed E-state index contributed by atoms with van der Waals surface area (Å²) in [6.07, 6.45) is 6.60. The van der Waals surface area contributed by atoms with Crippen molar-refractivity contribution in [2.45, 2.75) is 51.1 Å². The molecule has 1 fully saturated rings. The zero-order valence-electron chi connectivity index (χ0n) is 11.7. The summed E-state index contributed by atoms with van der Waals surface area (Å²) < 4.78 is 0. The van der Waals surface area contributed by atoms with Crippen LogP contribution in [0.4, 0.5) is 0 Å². The molecule has 0 radical (unpaired) electrons. The Morgan fingerprint density at radius 3 is 2.61 bits per heavy atom. The minimum absolute atomic E-state index is 0.176. The van der Waals surface area contributed by atoms with Crippen molar-refractivity contribution < 1.29 is 0 Å². The summed E-state index contributed by atoms with van der Waals surface area (Å²) in [6.45, 7) is 3.26. The molecule has 0 aliphatic heterocycles. The van der Waals surface area contributed by atoms with Gasteiger partial charge in [-0.25, -0.2) is 0 Å². The fourth-order valence-electron chi connectivity index (χ4n) is 3.03. The van der Waals surface area contributed by atoms with Gasteiger partial charge in [0.05, 0.1) is 0 Å². The SMILES string of the molecule is Cc1ccccc1C(N)CCN(C)C1CCCC1. The Morgan fingerprint density at radius 1 is 1.28 bits per heavy atom. The van der Waals surface area contributed by atoms with Crippen molar-refractivity contribution in [3.63, 3.8) is 0 Å². The number of nitrogens with two attached hydrogens (primary N) is 1. The number of nitrogens with zero attached hydrogens (tertiary/aromatic N) is 1. The number of benzene rings is 1. The fraction of sp³-hybridized carbons (Fsp3) is 0.625. The molecule has 18 heavy (non-hydrogen) atoms. The van der Waals surface area contributed by atoms with Crippen molar-refractivity contribution in [1.29, 1.82) is 0 Å². The lowest BCUT2D eigenvalue weighted by molar-refractivity contribution is 0.237. The lowest BCUT2D eigenvalue weighted by atomic mass is 9.99. The maximum atomic E-state index is 6.32. The zero-order valence-corrected chi connectivity index (χ0v) is 11.7. The lowest BCUT2D eigenvalue weighted by Crippen LogP contribution is -2.31. The van der Waals surface area contributed by atoms with Gasteiger partial charge in [0, 0.05) is 12.1 Å². The largest absolute Gasteiger partial charge is 0.324 e. The van der Waals surface area contributed by atoms with Gasteiger partial charge in [-0.05, 0) is 50.9 Å². The predicted octanol–water partition coefficient (Wildman–Crippen LogP) is 3.26. The highest BCUT2D eigenvalue weighted by Crippen LogP contribution is 2.24. The molecule has 0 amide bonds. The van der Waals surface area contributed by atoms with Gasteiger partial charge in [0.2, 0.25) is 0 Å². The molecular formula is C16H26N2. The van der Waals surface area contributed by atoms with Crippen LogP contribution in [-0.4, -0.2) is 24.5 Å². The van der Waals surface area contributed by atoms with Crippen LogP contribution >= 0.6 is 0 Å². The van der Waals surface area contributed by atoms with Crippen molar-refractivity contribution in [3.8, 4) is 0 Å². The molecule has 0 bridgehead atoms. The molecule has 2 heteroatoms. The van der Waals surface area contributed by atoms with E-state index in [0.717, 1.165) is 19.0 Å². The highest BCUT2D eigenvalue weighted by molar-refractivity contribution is 5.28. The summed E-state index contributed by atoms with van der Waals surface area (Å²) in [5.74, 6) is 0. The summed E-state index contributed by atoms with van der Waals surface area (Å²) >= 11 is 0. The van der Waals surface area contributed by atoms with Gasteiger partial charge in [-0.3, -0.25) is 0 Å². The second kappa shape index (κ2) is 6.35. The first-order valence-corrected chi connectivity index (χ1v) is 7.20. The molecule has 1 unspecified atom stereocenters. The van der Waals surface area contributed by atoms with E-state index in [0.29, 0.717) is 0 Å². The minimum Gasteiger partial charge on any atom is -0.324 e. The van der Waals surface area contributed by atoms with Crippen molar-refractivity contribution >= 4 is 0 Å². The first kappa shape index (κ1) is 13.6. The second-order valence-electron chi connectivity index (χ2n) is 5.67. The molecule has 1 aliphatic rings. The normalized spacial score (nSPS) is 18.4. The van der Waals surface area contributed by atoms with Gasteiger partial charge in [0.25, 0.3) is 0 Å². The molecule has 0 aromatic heterocycles. The maximum Gasteiger partial charge on any atom is 0.0309 e. The van der Waals surface area contributed by atoms with E-state index in [1.54, 1.807) is 0 Å². The molecule has 1 atom stereocenters. The van der Waals surface area contributed by atoms with E-state index in [9.17, 15) is 0 Å². The first-order chi connectivity index (χ1) is 8.68. The molecule has 1 aliphatic carbocycles. The molecule has 0 saturated heterocycles. The van der Waals surface area contributed by atoms with Crippen molar-refractivity contribution in [2.75, 3.05) is 13.6 Å². The molecule has 1 saturated carbocycles. The van der Waals surface area contributed by atoms with Crippen LogP contribution in [0.1, 0.15) is 49.3 Å². The highest BCUT2D eigenvalue weighted by atomic mass is 15.1. The summed E-state index contributed by atoms with van der Waals surface area (Å²) in [5, 5.41) is 0. The number of aryl methyl sites for hydroxylation is 1. The van der Waals surface area contributed by atoms with E-state index in [-0.39, 0.29) is 6.04 Å². The molecule has 2 N–H and O–H groups in total. The highest BCUT2D eigenvalue weighted by Gasteiger charge is 2.20. The predicted molar refractivity (Wildman–Crippen MR) is 77.6 cm³/mol. The van der Waals surface area contributed by atoms with Crippen LogP contribution in [0.3, 0.4) is 0 Å². The lowest BCUT2D eigenvalue weighted by Gasteiger charge is -2.25. The van der Waals surface area contributed by atoms with Gasteiger partial charge in [0.1, 0.15) is 0 Å². The Labute approximate surface area is 111 Å². The van der Waals surface area contributed by atoms with Crippen molar-refractivity contribution in [2.24, 2.45) is 5.73 Å². The van der Waals surface area contributed by atoms with Crippen molar-refractivity contribution in [1.82, 2.24) is 4.90 Å². The molecule has 0 spiro atoms. The third kappa shape index (κ3) is 3.33. The Balaban J connectivity index is 1.84. The van der Waals surface area contributed by atoms with E-state index in [2.05, 4.69) is 43.1 Å². The zero-order chi connectivity index (χ0) is 13.0. The summed E-state index contributed by atoms with van der Waals surface area (Å²) in [4.78, 5) is 2.51. The van der Waals surface area contributed by atoms with Gasteiger partial charge < -0.3 is 10.6 Å². The van der Waals surface area contributed by atoms with E-state index in [1.165, 1.54) is 36.8 Å². The standard InChI is InChI=1S/C16H26N2/c1-13-7-3-6-10-15(13)16(17)11-12-18(2)14-8-4-5-9-14/h3,6-7,10,14,16H,4-5,8-9,11-12,17H2,1-2H3. The molecule has 2 nitrogen and oxygen atoms in total. The van der Waals surface area contributed by atoms with E-state index >= 15 is 0 Å². The molecular weight excluding hydrogens is 220 g/mol. The van der Waals surface area contributed by atoms with Crippen LogP contribution in [0.25, 0.3) is 0 Å². The quantitative estimate of drug-likeness (QED) is 0.864. The van der Waals surface area contributed by atoms with Crippen LogP contribution in [0.5, 0.6) is 0 Å². The van der Waals surface area contributed by atoms with Crippen molar-refractivity contribution in [3.05, 3.63) is 35.4 Å². The Bertz CT molecular complexity index is 369. The second-order valence-corrected chi connectivity index (χ2v) is 5.67. The van der Waals surface area contributed by atoms with Crippen LogP contribution in [0.2, 0.25) is 0 Å². The average molecular weight is 246 g/mol. The molecule has 100 valence electrons. The Morgan fingerprint density at radius 2 is 1.94 bits per heavy atom. The number of hydrogen-bond acceptors (Lipinski definition) is 2. The molecule has 1 aromatic rings. The first-order valence-electron chi connectivity index (χ1n) is 7.20. The minimum atomic E-state index is 0.176. The van der Waals surface area contributed by atoms with Gasteiger partial charge in [-0.2, -0.15) is 0 Å². The smallest absolute Gasteiger partial charge is 0.0309 e. The molecule has 0 heterocycles. The average Bonchev–Trinajstić information content (AvgIpc) is 2.90. The summed E-state index contributed by atoms with van der Waals surface area (Å²) in [6, 6.07) is 9.45. The number of rotatable bonds is 5. The van der Waals surface area contributed by atoms with E-state index < -0.39 is 0 Å². The summed E-state index contributed by atoms with van der Waals surface area (Å²) in [7, 11) is 2.25.